The molecule has 1 N–H and O–H groups in total. The first-order valence-corrected chi connectivity index (χ1v) is 6.11. The minimum absolute atomic E-state index is 0.262. The van der Waals surface area contributed by atoms with Crippen molar-refractivity contribution in [3.63, 3.8) is 0 Å². The number of esters is 1. The molecule has 1 rings (SSSR count). The van der Waals surface area contributed by atoms with Crippen molar-refractivity contribution in [2.75, 3.05) is 20.3 Å². The van der Waals surface area contributed by atoms with Gasteiger partial charge in [-0.25, -0.2) is 0 Å². The standard InChI is InChI=1S/C14H21NO3/c1-5-17-14(16)13(15-4)9-18-12-7-10(2)6-11(3)8-12/h6-8,13,15H,5,9H2,1-4H3. The van der Waals surface area contributed by atoms with E-state index in [0.717, 1.165) is 16.9 Å². The van der Waals surface area contributed by atoms with E-state index in [1.165, 1.54) is 0 Å². The van der Waals surface area contributed by atoms with Gasteiger partial charge in [0.15, 0.2) is 0 Å². The molecule has 1 unspecified atom stereocenters. The first-order chi connectivity index (χ1) is 8.56. The lowest BCUT2D eigenvalue weighted by Crippen LogP contribution is -2.40. The summed E-state index contributed by atoms with van der Waals surface area (Å²) in [5, 5.41) is 2.89. The minimum atomic E-state index is -0.439. The van der Waals surface area contributed by atoms with Gasteiger partial charge in [0.1, 0.15) is 18.4 Å². The summed E-state index contributed by atoms with van der Waals surface area (Å²) in [6.07, 6.45) is 0. The van der Waals surface area contributed by atoms with Gasteiger partial charge in [-0.3, -0.25) is 4.79 Å². The molecule has 18 heavy (non-hydrogen) atoms. The number of carbonyl (C=O) groups is 1. The molecule has 100 valence electrons. The molecule has 0 fully saturated rings. The van der Waals surface area contributed by atoms with Gasteiger partial charge in [0, 0.05) is 0 Å². The second kappa shape index (κ2) is 7.01. The van der Waals surface area contributed by atoms with Gasteiger partial charge < -0.3 is 14.8 Å². The van der Waals surface area contributed by atoms with Crippen LogP contribution < -0.4 is 10.1 Å². The van der Waals surface area contributed by atoms with Crippen LogP contribution in [-0.2, 0) is 9.53 Å². The number of hydrogen-bond donors (Lipinski definition) is 1. The molecule has 1 aromatic carbocycles. The van der Waals surface area contributed by atoms with Gasteiger partial charge in [-0.1, -0.05) is 6.07 Å². The molecule has 0 aliphatic rings. The Hall–Kier alpha value is -1.55. The Bertz CT molecular complexity index is 384. The Morgan fingerprint density at radius 1 is 1.28 bits per heavy atom. The average Bonchev–Trinajstić information content (AvgIpc) is 2.29. The predicted molar refractivity (Wildman–Crippen MR) is 70.9 cm³/mol. The van der Waals surface area contributed by atoms with Crippen molar-refractivity contribution >= 4 is 5.97 Å². The topological polar surface area (TPSA) is 47.6 Å². The van der Waals surface area contributed by atoms with Crippen molar-refractivity contribution in [2.45, 2.75) is 26.8 Å². The van der Waals surface area contributed by atoms with E-state index >= 15 is 0 Å². The zero-order chi connectivity index (χ0) is 13.5. The Morgan fingerprint density at radius 2 is 1.89 bits per heavy atom. The molecule has 0 saturated carbocycles. The molecule has 0 aliphatic heterocycles. The molecule has 0 saturated heterocycles. The maximum Gasteiger partial charge on any atom is 0.326 e. The highest BCUT2D eigenvalue weighted by atomic mass is 16.5. The number of likely N-dealkylation sites (N-methyl/N-ethyl adjacent to an activating group) is 1. The van der Waals surface area contributed by atoms with E-state index in [4.69, 9.17) is 9.47 Å². The number of benzene rings is 1. The van der Waals surface area contributed by atoms with E-state index in [-0.39, 0.29) is 12.6 Å². The third-order valence-corrected chi connectivity index (χ3v) is 2.53. The maximum absolute atomic E-state index is 11.6. The summed E-state index contributed by atoms with van der Waals surface area (Å²) >= 11 is 0. The van der Waals surface area contributed by atoms with Crippen LogP contribution in [0.3, 0.4) is 0 Å². The van der Waals surface area contributed by atoms with E-state index in [0.29, 0.717) is 6.61 Å². The molecule has 0 amide bonds. The second-order valence-electron chi connectivity index (χ2n) is 4.23. The van der Waals surface area contributed by atoms with Crippen molar-refractivity contribution in [3.05, 3.63) is 29.3 Å². The van der Waals surface area contributed by atoms with Gasteiger partial charge >= 0.3 is 5.97 Å². The Morgan fingerprint density at radius 3 is 2.39 bits per heavy atom. The molecule has 1 aromatic rings. The summed E-state index contributed by atoms with van der Waals surface area (Å²) in [6.45, 7) is 6.45. The van der Waals surface area contributed by atoms with Crippen molar-refractivity contribution in [1.82, 2.24) is 5.32 Å². The molecule has 0 radical (unpaired) electrons. The van der Waals surface area contributed by atoms with Crippen molar-refractivity contribution in [1.29, 1.82) is 0 Å². The summed E-state index contributed by atoms with van der Waals surface area (Å²) < 4.78 is 10.6. The fourth-order valence-corrected chi connectivity index (χ4v) is 1.71. The zero-order valence-electron chi connectivity index (χ0n) is 11.4. The molecular formula is C14H21NO3. The average molecular weight is 251 g/mol. The number of nitrogens with one attached hydrogen (secondary N) is 1. The van der Waals surface area contributed by atoms with Gasteiger partial charge in [0.2, 0.25) is 0 Å². The number of ether oxygens (including phenoxy) is 2. The SMILES string of the molecule is CCOC(=O)C(COc1cc(C)cc(C)c1)NC. The van der Waals surface area contributed by atoms with E-state index in [2.05, 4.69) is 11.4 Å². The van der Waals surface area contributed by atoms with Crippen LogP contribution in [0.1, 0.15) is 18.1 Å². The molecule has 0 aliphatic carbocycles. The number of rotatable bonds is 6. The monoisotopic (exact) mass is 251 g/mol. The van der Waals surface area contributed by atoms with E-state index in [1.807, 2.05) is 26.0 Å². The molecule has 4 nitrogen and oxygen atoms in total. The second-order valence-corrected chi connectivity index (χ2v) is 4.23. The lowest BCUT2D eigenvalue weighted by molar-refractivity contribution is -0.146. The van der Waals surface area contributed by atoms with Gasteiger partial charge in [-0.05, 0) is 51.1 Å². The molecule has 1 atom stereocenters. The predicted octanol–water partition coefficient (Wildman–Crippen LogP) is 1.83. The molecule has 0 heterocycles. The van der Waals surface area contributed by atoms with E-state index < -0.39 is 6.04 Å². The van der Waals surface area contributed by atoms with Gasteiger partial charge in [-0.15, -0.1) is 0 Å². The van der Waals surface area contributed by atoms with Crippen LogP contribution in [-0.4, -0.2) is 32.3 Å². The fourth-order valence-electron chi connectivity index (χ4n) is 1.71. The summed E-state index contributed by atoms with van der Waals surface area (Å²) in [4.78, 5) is 11.6. The fraction of sp³-hybridized carbons (Fsp3) is 0.500. The van der Waals surface area contributed by atoms with Crippen LogP contribution in [0.2, 0.25) is 0 Å². The lowest BCUT2D eigenvalue weighted by Gasteiger charge is -2.16. The quantitative estimate of drug-likeness (QED) is 0.784. The van der Waals surface area contributed by atoms with Crippen LogP contribution in [0, 0.1) is 13.8 Å². The highest BCUT2D eigenvalue weighted by Crippen LogP contribution is 2.16. The molecule has 0 spiro atoms. The lowest BCUT2D eigenvalue weighted by atomic mass is 10.1. The largest absolute Gasteiger partial charge is 0.491 e. The minimum Gasteiger partial charge on any atom is -0.491 e. The maximum atomic E-state index is 11.6. The summed E-state index contributed by atoms with van der Waals surface area (Å²) in [5.74, 6) is 0.487. The zero-order valence-corrected chi connectivity index (χ0v) is 11.4. The van der Waals surface area contributed by atoms with Crippen LogP contribution in [0.25, 0.3) is 0 Å². The van der Waals surface area contributed by atoms with E-state index in [1.54, 1.807) is 14.0 Å². The third kappa shape index (κ3) is 4.37. The van der Waals surface area contributed by atoms with Crippen LogP contribution in [0.5, 0.6) is 5.75 Å². The summed E-state index contributed by atoms with van der Waals surface area (Å²) in [7, 11) is 1.71. The summed E-state index contributed by atoms with van der Waals surface area (Å²) in [6, 6.07) is 5.54. The Labute approximate surface area is 108 Å². The van der Waals surface area contributed by atoms with E-state index in [9.17, 15) is 4.79 Å². The number of aryl methyl sites for hydroxylation is 2. The van der Waals surface area contributed by atoms with Gasteiger partial charge in [-0.2, -0.15) is 0 Å². The van der Waals surface area contributed by atoms with Crippen LogP contribution >= 0.6 is 0 Å². The third-order valence-electron chi connectivity index (χ3n) is 2.53. The van der Waals surface area contributed by atoms with Crippen molar-refractivity contribution in [2.24, 2.45) is 0 Å². The van der Waals surface area contributed by atoms with Gasteiger partial charge in [0.25, 0.3) is 0 Å². The number of hydrogen-bond acceptors (Lipinski definition) is 4. The Kier molecular flexibility index (Phi) is 5.65. The molecule has 4 heteroatoms. The van der Waals surface area contributed by atoms with Crippen LogP contribution in [0.15, 0.2) is 18.2 Å². The Balaban J connectivity index is 2.59. The normalized spacial score (nSPS) is 12.0. The number of carbonyl (C=O) groups excluding carboxylic acids is 1. The smallest absolute Gasteiger partial charge is 0.326 e. The molecular weight excluding hydrogens is 230 g/mol. The van der Waals surface area contributed by atoms with Crippen LogP contribution in [0.4, 0.5) is 0 Å². The highest BCUT2D eigenvalue weighted by molar-refractivity contribution is 5.75. The first kappa shape index (κ1) is 14.5. The van der Waals surface area contributed by atoms with Crippen molar-refractivity contribution < 1.29 is 14.3 Å². The molecule has 0 bridgehead atoms. The van der Waals surface area contributed by atoms with Crippen molar-refractivity contribution in [3.8, 4) is 5.75 Å². The first-order valence-electron chi connectivity index (χ1n) is 6.11. The molecule has 0 aromatic heterocycles. The van der Waals surface area contributed by atoms with Gasteiger partial charge in [0.05, 0.1) is 6.61 Å². The summed E-state index contributed by atoms with van der Waals surface area (Å²) in [5.41, 5.74) is 2.28. The highest BCUT2D eigenvalue weighted by Gasteiger charge is 2.18.